The number of carbonyl (C=O) groups excluding carboxylic acids is 1. The summed E-state index contributed by atoms with van der Waals surface area (Å²) in [5.41, 5.74) is 0.290. The molecule has 2 fully saturated rings. The molecule has 2 aliphatic heterocycles. The quantitative estimate of drug-likeness (QED) is 0.808. The SMILES string of the molecule is C[C@@H]1C(=O)N2CCC[C@@H]2CN1S(=O)(=O)c1ccc(C#N)cc1Cl. The van der Waals surface area contributed by atoms with Crippen LogP contribution in [0.2, 0.25) is 5.02 Å². The monoisotopic (exact) mass is 353 g/mol. The van der Waals surface area contributed by atoms with E-state index in [1.54, 1.807) is 11.8 Å². The Morgan fingerprint density at radius 1 is 1.39 bits per heavy atom. The van der Waals surface area contributed by atoms with Gasteiger partial charge >= 0.3 is 0 Å². The van der Waals surface area contributed by atoms with Gasteiger partial charge in [-0.05, 0) is 38.0 Å². The largest absolute Gasteiger partial charge is 0.337 e. The first-order chi connectivity index (χ1) is 10.9. The van der Waals surface area contributed by atoms with Gasteiger partial charge in [-0.15, -0.1) is 0 Å². The maximum atomic E-state index is 12.9. The minimum absolute atomic E-state index is 0.00227. The highest BCUT2D eigenvalue weighted by Gasteiger charge is 2.45. The summed E-state index contributed by atoms with van der Waals surface area (Å²) < 4.78 is 27.1. The van der Waals surface area contributed by atoms with Gasteiger partial charge < -0.3 is 4.90 Å². The molecule has 6 nitrogen and oxygen atoms in total. The van der Waals surface area contributed by atoms with Gasteiger partial charge in [0.05, 0.1) is 16.7 Å². The van der Waals surface area contributed by atoms with Crippen molar-refractivity contribution in [1.82, 2.24) is 9.21 Å². The third-order valence-electron chi connectivity index (χ3n) is 4.49. The van der Waals surface area contributed by atoms with Gasteiger partial charge in [-0.3, -0.25) is 4.79 Å². The first-order valence-corrected chi connectivity index (χ1v) is 9.20. The van der Waals surface area contributed by atoms with E-state index in [1.165, 1.54) is 22.5 Å². The van der Waals surface area contributed by atoms with Crippen molar-refractivity contribution in [2.24, 2.45) is 0 Å². The third kappa shape index (κ3) is 2.61. The van der Waals surface area contributed by atoms with Crippen molar-refractivity contribution in [2.75, 3.05) is 13.1 Å². The van der Waals surface area contributed by atoms with Gasteiger partial charge in [0.25, 0.3) is 0 Å². The van der Waals surface area contributed by atoms with Gasteiger partial charge in [0, 0.05) is 19.1 Å². The lowest BCUT2D eigenvalue weighted by atomic mass is 10.1. The second kappa shape index (κ2) is 5.78. The number of rotatable bonds is 2. The van der Waals surface area contributed by atoms with Crippen molar-refractivity contribution in [3.63, 3.8) is 0 Å². The highest BCUT2D eigenvalue weighted by atomic mass is 35.5. The molecule has 0 bridgehead atoms. The van der Waals surface area contributed by atoms with Crippen molar-refractivity contribution in [3.8, 4) is 6.07 Å². The summed E-state index contributed by atoms with van der Waals surface area (Å²) in [5, 5.41) is 8.86. The van der Waals surface area contributed by atoms with Crippen LogP contribution in [0, 0.1) is 11.3 Å². The number of carbonyl (C=O) groups is 1. The van der Waals surface area contributed by atoms with Crippen LogP contribution in [0.4, 0.5) is 0 Å². The lowest BCUT2D eigenvalue weighted by Gasteiger charge is -2.40. The zero-order valence-electron chi connectivity index (χ0n) is 12.6. The van der Waals surface area contributed by atoms with Crippen LogP contribution in [-0.4, -0.2) is 48.7 Å². The molecule has 0 radical (unpaired) electrons. The molecule has 2 atom stereocenters. The van der Waals surface area contributed by atoms with Crippen LogP contribution < -0.4 is 0 Å². The predicted molar refractivity (Wildman–Crippen MR) is 84.3 cm³/mol. The number of nitriles is 1. The van der Waals surface area contributed by atoms with Gasteiger partial charge in [0.2, 0.25) is 15.9 Å². The van der Waals surface area contributed by atoms with Crippen LogP contribution in [0.1, 0.15) is 25.3 Å². The summed E-state index contributed by atoms with van der Waals surface area (Å²) in [7, 11) is -3.89. The van der Waals surface area contributed by atoms with E-state index >= 15 is 0 Å². The van der Waals surface area contributed by atoms with Gasteiger partial charge in [-0.1, -0.05) is 11.6 Å². The number of benzene rings is 1. The summed E-state index contributed by atoms with van der Waals surface area (Å²) in [5.74, 6) is -0.160. The van der Waals surface area contributed by atoms with Crippen molar-refractivity contribution < 1.29 is 13.2 Å². The lowest BCUT2D eigenvalue weighted by Crippen LogP contribution is -2.59. The number of hydrogen-bond donors (Lipinski definition) is 0. The molecule has 0 spiro atoms. The normalized spacial score (nSPS) is 25.3. The van der Waals surface area contributed by atoms with E-state index in [1.807, 2.05) is 6.07 Å². The Balaban J connectivity index is 1.99. The molecule has 0 unspecified atom stereocenters. The standard InChI is InChI=1S/C15H16ClN3O3S/c1-10-15(20)18-6-2-3-12(18)9-19(10)23(21,22)14-5-4-11(8-17)7-13(14)16/h4-5,7,10,12H,2-3,6,9H2,1H3/t10-,12-/m1/s1. The lowest BCUT2D eigenvalue weighted by molar-refractivity contribution is -0.139. The van der Waals surface area contributed by atoms with Crippen LogP contribution in [0.5, 0.6) is 0 Å². The highest BCUT2D eigenvalue weighted by Crippen LogP contribution is 2.32. The minimum atomic E-state index is -3.89. The number of halogens is 1. The van der Waals surface area contributed by atoms with E-state index in [0.717, 1.165) is 12.8 Å². The molecular weight excluding hydrogens is 338 g/mol. The molecule has 23 heavy (non-hydrogen) atoms. The summed E-state index contributed by atoms with van der Waals surface area (Å²) in [6, 6.07) is 5.17. The molecule has 2 aliphatic rings. The van der Waals surface area contributed by atoms with Gasteiger partial charge in [0.1, 0.15) is 10.9 Å². The fourth-order valence-electron chi connectivity index (χ4n) is 3.26. The number of piperazine rings is 1. The molecular formula is C15H16ClN3O3S. The summed E-state index contributed by atoms with van der Waals surface area (Å²) in [4.78, 5) is 14.1. The van der Waals surface area contributed by atoms with Gasteiger partial charge in [-0.2, -0.15) is 9.57 Å². The molecule has 0 aliphatic carbocycles. The molecule has 1 aromatic rings. The molecule has 0 saturated carbocycles. The van der Waals surface area contributed by atoms with E-state index in [2.05, 4.69) is 0 Å². The summed E-state index contributed by atoms with van der Waals surface area (Å²) >= 11 is 6.05. The Hall–Kier alpha value is -1.62. The fourth-order valence-corrected chi connectivity index (χ4v) is 5.40. The van der Waals surface area contributed by atoms with E-state index in [4.69, 9.17) is 16.9 Å². The molecule has 0 aromatic heterocycles. The minimum Gasteiger partial charge on any atom is -0.337 e. The molecule has 1 amide bonds. The number of nitrogens with zero attached hydrogens (tertiary/aromatic N) is 3. The topological polar surface area (TPSA) is 81.5 Å². The Bertz CT molecular complexity index is 803. The molecule has 3 rings (SSSR count). The van der Waals surface area contributed by atoms with Crippen molar-refractivity contribution in [3.05, 3.63) is 28.8 Å². The maximum absolute atomic E-state index is 12.9. The average Bonchev–Trinajstić information content (AvgIpc) is 2.99. The number of sulfonamides is 1. The van der Waals surface area contributed by atoms with E-state index < -0.39 is 16.1 Å². The van der Waals surface area contributed by atoms with Crippen molar-refractivity contribution in [1.29, 1.82) is 5.26 Å². The summed E-state index contributed by atoms with van der Waals surface area (Å²) in [6.45, 7) is 2.58. The van der Waals surface area contributed by atoms with Crippen LogP contribution in [0.25, 0.3) is 0 Å². The van der Waals surface area contributed by atoms with Crippen molar-refractivity contribution in [2.45, 2.75) is 36.7 Å². The zero-order valence-corrected chi connectivity index (χ0v) is 14.1. The summed E-state index contributed by atoms with van der Waals surface area (Å²) in [6.07, 6.45) is 1.71. The maximum Gasteiger partial charge on any atom is 0.245 e. The second-order valence-corrected chi connectivity index (χ2v) is 8.10. The molecule has 2 heterocycles. The van der Waals surface area contributed by atoms with E-state index in [-0.39, 0.29) is 28.4 Å². The Morgan fingerprint density at radius 3 is 2.78 bits per heavy atom. The first-order valence-electron chi connectivity index (χ1n) is 7.38. The average molecular weight is 354 g/mol. The van der Waals surface area contributed by atoms with Crippen LogP contribution in [0.15, 0.2) is 23.1 Å². The molecule has 8 heteroatoms. The zero-order chi connectivity index (χ0) is 16.8. The first kappa shape index (κ1) is 16.2. The Kier molecular flexibility index (Phi) is 4.08. The third-order valence-corrected chi connectivity index (χ3v) is 6.91. The molecule has 2 saturated heterocycles. The smallest absolute Gasteiger partial charge is 0.245 e. The Labute approximate surface area is 140 Å². The van der Waals surface area contributed by atoms with E-state index in [0.29, 0.717) is 12.1 Å². The van der Waals surface area contributed by atoms with Gasteiger partial charge in [0.15, 0.2) is 0 Å². The fraction of sp³-hybridized carbons (Fsp3) is 0.467. The van der Waals surface area contributed by atoms with Crippen LogP contribution in [0.3, 0.4) is 0 Å². The van der Waals surface area contributed by atoms with Gasteiger partial charge in [-0.25, -0.2) is 8.42 Å². The highest BCUT2D eigenvalue weighted by molar-refractivity contribution is 7.89. The van der Waals surface area contributed by atoms with E-state index in [9.17, 15) is 13.2 Å². The van der Waals surface area contributed by atoms with Crippen LogP contribution in [-0.2, 0) is 14.8 Å². The number of hydrogen-bond acceptors (Lipinski definition) is 4. The second-order valence-electron chi connectivity index (χ2n) is 5.84. The Morgan fingerprint density at radius 2 is 2.13 bits per heavy atom. The van der Waals surface area contributed by atoms with Crippen molar-refractivity contribution >= 4 is 27.5 Å². The molecule has 122 valence electrons. The molecule has 1 aromatic carbocycles. The number of amides is 1. The predicted octanol–water partition coefficient (Wildman–Crippen LogP) is 1.60. The number of fused-ring (bicyclic) bond motifs is 1. The molecule has 0 N–H and O–H groups in total. The van der Waals surface area contributed by atoms with Crippen LogP contribution >= 0.6 is 11.6 Å².